The van der Waals surface area contributed by atoms with Crippen molar-refractivity contribution in [3.05, 3.63) is 53.1 Å². The van der Waals surface area contributed by atoms with Crippen molar-refractivity contribution in [1.29, 1.82) is 0 Å². The van der Waals surface area contributed by atoms with E-state index in [9.17, 15) is 4.79 Å². The fraction of sp³-hybridized carbons (Fsp3) is 0.421. The van der Waals surface area contributed by atoms with Crippen LogP contribution in [0.25, 0.3) is 6.08 Å². The van der Waals surface area contributed by atoms with Crippen LogP contribution in [0, 0.1) is 5.41 Å². The maximum atomic E-state index is 11.7. The summed E-state index contributed by atoms with van der Waals surface area (Å²) in [4.78, 5) is 11.7. The molecule has 1 aliphatic rings. The van der Waals surface area contributed by atoms with E-state index in [1.807, 2.05) is 0 Å². The molecule has 1 nitrogen and oxygen atoms in total. The van der Waals surface area contributed by atoms with Crippen LogP contribution in [-0.4, -0.2) is 5.78 Å². The van der Waals surface area contributed by atoms with Crippen molar-refractivity contribution in [3.63, 3.8) is 0 Å². The molecule has 0 atom stereocenters. The van der Waals surface area contributed by atoms with Gasteiger partial charge in [-0.1, -0.05) is 64.1 Å². The third-order valence-electron chi connectivity index (χ3n) is 3.77. The highest BCUT2D eigenvalue weighted by molar-refractivity contribution is 5.92. The number of hydrogen-bond donors (Lipinski definition) is 0. The minimum atomic E-state index is 0.0903. The highest BCUT2D eigenvalue weighted by atomic mass is 16.1. The van der Waals surface area contributed by atoms with Crippen LogP contribution < -0.4 is 0 Å². The largest absolute Gasteiger partial charge is 0.295 e. The van der Waals surface area contributed by atoms with E-state index >= 15 is 0 Å². The summed E-state index contributed by atoms with van der Waals surface area (Å²) in [6.45, 7) is 8.71. The number of carbonyl (C=O) groups excluding carboxylic acids is 1. The van der Waals surface area contributed by atoms with Gasteiger partial charge in [-0.3, -0.25) is 4.79 Å². The van der Waals surface area contributed by atoms with Gasteiger partial charge in [-0.05, 0) is 40.5 Å². The molecule has 2 rings (SSSR count). The van der Waals surface area contributed by atoms with Gasteiger partial charge in [0.05, 0.1) is 0 Å². The Balaban J connectivity index is 2.11. The Morgan fingerprint density at radius 1 is 1.05 bits per heavy atom. The number of ketones is 1. The van der Waals surface area contributed by atoms with Crippen molar-refractivity contribution >= 4 is 11.9 Å². The zero-order chi connectivity index (χ0) is 14.8. The standard InChI is InChI=1S/C19H24O/c1-14(2)17-9-7-15(8-10-17)5-6-16-11-18(20)13-19(3,4)12-16/h5-11,14H,12-13H2,1-4H3/b6-5+. The number of hydrogen-bond acceptors (Lipinski definition) is 1. The maximum Gasteiger partial charge on any atom is 0.156 e. The van der Waals surface area contributed by atoms with Crippen molar-refractivity contribution in [2.24, 2.45) is 5.41 Å². The number of benzene rings is 1. The zero-order valence-corrected chi connectivity index (χ0v) is 12.9. The molecule has 0 spiro atoms. The van der Waals surface area contributed by atoms with Crippen LogP contribution in [0.15, 0.2) is 42.0 Å². The van der Waals surface area contributed by atoms with Crippen LogP contribution in [-0.2, 0) is 4.79 Å². The van der Waals surface area contributed by atoms with E-state index in [1.165, 1.54) is 11.1 Å². The lowest BCUT2D eigenvalue weighted by Gasteiger charge is -2.27. The quantitative estimate of drug-likeness (QED) is 0.742. The van der Waals surface area contributed by atoms with Crippen LogP contribution in [0.2, 0.25) is 0 Å². The van der Waals surface area contributed by atoms with Gasteiger partial charge in [0, 0.05) is 6.42 Å². The first-order valence-corrected chi connectivity index (χ1v) is 7.37. The van der Waals surface area contributed by atoms with Crippen LogP contribution in [0.1, 0.15) is 57.6 Å². The normalized spacial score (nSPS) is 18.6. The van der Waals surface area contributed by atoms with Gasteiger partial charge < -0.3 is 0 Å². The van der Waals surface area contributed by atoms with Crippen LogP contribution in [0.5, 0.6) is 0 Å². The summed E-state index contributed by atoms with van der Waals surface area (Å²) in [5, 5.41) is 0. The Hall–Kier alpha value is -1.63. The average Bonchev–Trinajstić information content (AvgIpc) is 2.34. The molecule has 0 amide bonds. The molecule has 0 fully saturated rings. The van der Waals surface area contributed by atoms with E-state index in [0.29, 0.717) is 12.3 Å². The molecule has 20 heavy (non-hydrogen) atoms. The lowest BCUT2D eigenvalue weighted by atomic mass is 9.77. The monoisotopic (exact) mass is 268 g/mol. The molecule has 0 saturated carbocycles. The van der Waals surface area contributed by atoms with Gasteiger partial charge in [-0.2, -0.15) is 0 Å². The first-order valence-electron chi connectivity index (χ1n) is 7.37. The number of allylic oxidation sites excluding steroid dienone is 3. The summed E-state index contributed by atoms with van der Waals surface area (Å²) in [6.07, 6.45) is 7.62. The Bertz CT molecular complexity index is 542. The van der Waals surface area contributed by atoms with E-state index in [0.717, 1.165) is 12.0 Å². The molecule has 0 saturated heterocycles. The van der Waals surface area contributed by atoms with Crippen molar-refractivity contribution in [2.75, 3.05) is 0 Å². The smallest absolute Gasteiger partial charge is 0.156 e. The number of rotatable bonds is 3. The van der Waals surface area contributed by atoms with Crippen LogP contribution >= 0.6 is 0 Å². The number of carbonyl (C=O) groups is 1. The van der Waals surface area contributed by atoms with Crippen molar-refractivity contribution < 1.29 is 4.79 Å². The Morgan fingerprint density at radius 2 is 1.70 bits per heavy atom. The third-order valence-corrected chi connectivity index (χ3v) is 3.77. The minimum absolute atomic E-state index is 0.0903. The molecule has 0 aromatic heterocycles. The summed E-state index contributed by atoms with van der Waals surface area (Å²) >= 11 is 0. The molecule has 0 bridgehead atoms. The molecular weight excluding hydrogens is 244 g/mol. The fourth-order valence-electron chi connectivity index (χ4n) is 2.70. The topological polar surface area (TPSA) is 17.1 Å². The predicted molar refractivity (Wildman–Crippen MR) is 85.7 cm³/mol. The predicted octanol–water partition coefficient (Wildman–Crippen LogP) is 5.14. The van der Waals surface area contributed by atoms with Crippen molar-refractivity contribution in [1.82, 2.24) is 0 Å². The minimum Gasteiger partial charge on any atom is -0.295 e. The zero-order valence-electron chi connectivity index (χ0n) is 12.9. The molecule has 0 radical (unpaired) electrons. The van der Waals surface area contributed by atoms with Crippen molar-refractivity contribution in [2.45, 2.75) is 46.5 Å². The van der Waals surface area contributed by atoms with Gasteiger partial charge >= 0.3 is 0 Å². The van der Waals surface area contributed by atoms with Gasteiger partial charge in [0.15, 0.2) is 5.78 Å². The van der Waals surface area contributed by atoms with Gasteiger partial charge in [-0.25, -0.2) is 0 Å². The van der Waals surface area contributed by atoms with Crippen LogP contribution in [0.4, 0.5) is 0 Å². The first-order chi connectivity index (χ1) is 9.35. The Morgan fingerprint density at radius 3 is 2.25 bits per heavy atom. The second-order valence-corrected chi connectivity index (χ2v) is 6.86. The van der Waals surface area contributed by atoms with Gasteiger partial charge in [-0.15, -0.1) is 0 Å². The molecule has 0 N–H and O–H groups in total. The van der Waals surface area contributed by atoms with Gasteiger partial charge in [0.1, 0.15) is 0 Å². The molecular formula is C19H24O. The summed E-state index contributed by atoms with van der Waals surface area (Å²) in [7, 11) is 0. The van der Waals surface area contributed by atoms with E-state index in [4.69, 9.17) is 0 Å². The first kappa shape index (κ1) is 14.8. The molecule has 1 heteroatoms. The second kappa shape index (κ2) is 5.78. The SMILES string of the molecule is CC(C)c1ccc(/C=C/C2=CC(=O)CC(C)(C)C2)cc1. The lowest BCUT2D eigenvalue weighted by molar-refractivity contribution is -0.116. The van der Waals surface area contributed by atoms with E-state index in [2.05, 4.69) is 64.1 Å². The highest BCUT2D eigenvalue weighted by Gasteiger charge is 2.26. The summed E-state index contributed by atoms with van der Waals surface area (Å²) in [6, 6.07) is 8.63. The summed E-state index contributed by atoms with van der Waals surface area (Å²) in [5.41, 5.74) is 3.77. The van der Waals surface area contributed by atoms with Crippen molar-refractivity contribution in [3.8, 4) is 0 Å². The molecule has 1 aromatic rings. The lowest BCUT2D eigenvalue weighted by Crippen LogP contribution is -2.21. The van der Waals surface area contributed by atoms with Gasteiger partial charge in [0.2, 0.25) is 0 Å². The molecule has 0 heterocycles. The van der Waals surface area contributed by atoms with Crippen LogP contribution in [0.3, 0.4) is 0 Å². The maximum absolute atomic E-state index is 11.7. The highest BCUT2D eigenvalue weighted by Crippen LogP contribution is 2.34. The molecule has 0 unspecified atom stereocenters. The molecule has 1 aliphatic carbocycles. The van der Waals surface area contributed by atoms with E-state index in [1.54, 1.807) is 6.08 Å². The Kier molecular flexibility index (Phi) is 4.27. The molecule has 1 aromatic carbocycles. The summed E-state index contributed by atoms with van der Waals surface area (Å²) in [5.74, 6) is 0.809. The summed E-state index contributed by atoms with van der Waals surface area (Å²) < 4.78 is 0. The third kappa shape index (κ3) is 3.93. The second-order valence-electron chi connectivity index (χ2n) is 6.86. The molecule has 0 aliphatic heterocycles. The molecule has 106 valence electrons. The fourth-order valence-corrected chi connectivity index (χ4v) is 2.70. The Labute approximate surface area is 122 Å². The van der Waals surface area contributed by atoms with E-state index in [-0.39, 0.29) is 11.2 Å². The van der Waals surface area contributed by atoms with Gasteiger partial charge in [0.25, 0.3) is 0 Å². The average molecular weight is 268 g/mol. The van der Waals surface area contributed by atoms with E-state index < -0.39 is 0 Å².